The number of imidazole rings is 2. The highest BCUT2D eigenvalue weighted by Gasteiger charge is 2.38. The molecule has 4 atom stereocenters. The van der Waals surface area contributed by atoms with Crippen LogP contribution in [-0.2, 0) is 19.1 Å². The number of rotatable bonds is 10. The summed E-state index contributed by atoms with van der Waals surface area (Å²) < 4.78 is 11.8. The Balaban J connectivity index is 1.05. The summed E-state index contributed by atoms with van der Waals surface area (Å²) in [6, 6.07) is 11.1. The molecule has 2 aliphatic rings. The van der Waals surface area contributed by atoms with Crippen molar-refractivity contribution < 1.29 is 28.7 Å². The predicted molar refractivity (Wildman–Crippen MR) is 201 cm³/mol. The van der Waals surface area contributed by atoms with Crippen LogP contribution in [-0.4, -0.2) is 87.1 Å². The first kappa shape index (κ1) is 35.9. The highest BCUT2D eigenvalue weighted by Crippen LogP contribution is 2.42. The van der Waals surface area contributed by atoms with Crippen LogP contribution in [0.3, 0.4) is 0 Å². The van der Waals surface area contributed by atoms with Crippen molar-refractivity contribution in [1.82, 2.24) is 40.4 Å². The van der Waals surface area contributed by atoms with Crippen LogP contribution in [0.4, 0.5) is 9.59 Å². The van der Waals surface area contributed by atoms with E-state index in [1.807, 2.05) is 50.4 Å². The zero-order valence-electron chi connectivity index (χ0n) is 29.6. The van der Waals surface area contributed by atoms with E-state index in [0.717, 1.165) is 49.2 Å². The van der Waals surface area contributed by atoms with Crippen molar-refractivity contribution in [3.05, 3.63) is 84.2 Å². The molecule has 53 heavy (non-hydrogen) atoms. The maximum Gasteiger partial charge on any atom is 0.407 e. The molecule has 0 aliphatic carbocycles. The molecule has 0 spiro atoms. The number of nitrogens with one attached hydrogen (secondary N) is 4. The molecular weight excluding hydrogens is 717 g/mol. The molecule has 1 aromatic carbocycles. The number of benzene rings is 1. The monoisotopic (exact) mass is 756 g/mol. The molecule has 1 fully saturated rings. The lowest BCUT2D eigenvalue weighted by Crippen LogP contribution is -2.51. The predicted octanol–water partition coefficient (Wildman–Crippen LogP) is 6.32. The number of alkyl carbamates (subject to hydrolysis) is 2. The second kappa shape index (κ2) is 15.2. The number of aromatic amines is 2. The molecule has 1 saturated heterocycles. The second-order valence-corrected chi connectivity index (χ2v) is 15.4. The van der Waals surface area contributed by atoms with Gasteiger partial charge < -0.3 is 39.9 Å². The molecule has 4 aromatic heterocycles. The molecule has 6 heterocycles. The van der Waals surface area contributed by atoms with Gasteiger partial charge in [-0.05, 0) is 36.5 Å². The largest absolute Gasteiger partial charge is 0.453 e. The summed E-state index contributed by atoms with van der Waals surface area (Å²) in [5, 5.41) is 5.37. The van der Waals surface area contributed by atoms with E-state index in [-0.39, 0.29) is 23.8 Å². The number of thiophene rings is 2. The van der Waals surface area contributed by atoms with Gasteiger partial charge in [-0.2, -0.15) is 0 Å². The smallest absolute Gasteiger partial charge is 0.407 e. The first-order valence-electron chi connectivity index (χ1n) is 17.3. The highest BCUT2D eigenvalue weighted by molar-refractivity contribution is 7.31. The number of carbonyl (C=O) groups is 4. The van der Waals surface area contributed by atoms with Gasteiger partial charge in [0.15, 0.2) is 0 Å². The number of fused-ring (bicyclic) bond motifs is 1. The molecule has 276 valence electrons. The third kappa shape index (κ3) is 7.28. The van der Waals surface area contributed by atoms with Crippen LogP contribution in [0.5, 0.6) is 0 Å². The van der Waals surface area contributed by atoms with Gasteiger partial charge in [0.05, 0.1) is 53.8 Å². The number of methoxy groups -OCH3 is 2. The van der Waals surface area contributed by atoms with Crippen LogP contribution in [0.15, 0.2) is 67.0 Å². The Morgan fingerprint density at radius 1 is 0.849 bits per heavy atom. The average molecular weight is 757 g/mol. The van der Waals surface area contributed by atoms with Crippen molar-refractivity contribution >= 4 is 56.1 Å². The topological polar surface area (TPSA) is 175 Å². The number of hydrogen-bond acceptors (Lipinski definition) is 10. The molecule has 16 heteroatoms. The lowest BCUT2D eigenvalue weighted by molar-refractivity contribution is -0.135. The fourth-order valence-electron chi connectivity index (χ4n) is 6.80. The van der Waals surface area contributed by atoms with Crippen LogP contribution in [0.25, 0.3) is 30.5 Å². The minimum absolute atomic E-state index is 0.111. The molecule has 2 unspecified atom stereocenters. The summed E-state index contributed by atoms with van der Waals surface area (Å²) >= 11 is 3.28. The number of ether oxygens (including phenoxy) is 2. The minimum Gasteiger partial charge on any atom is -0.453 e. The lowest BCUT2D eigenvalue weighted by Gasteiger charge is -2.30. The molecule has 14 nitrogen and oxygen atoms in total. The number of amides is 4. The van der Waals surface area contributed by atoms with Gasteiger partial charge in [0.25, 0.3) is 5.91 Å². The van der Waals surface area contributed by atoms with Gasteiger partial charge in [-0.15, -0.1) is 22.7 Å². The zero-order valence-corrected chi connectivity index (χ0v) is 31.3. The van der Waals surface area contributed by atoms with E-state index in [4.69, 9.17) is 9.47 Å². The fraction of sp³-hybridized carbons (Fsp3) is 0.351. The van der Waals surface area contributed by atoms with Crippen molar-refractivity contribution in [3.63, 3.8) is 0 Å². The van der Waals surface area contributed by atoms with Crippen LogP contribution in [0.2, 0.25) is 0 Å². The number of carbonyl (C=O) groups excluding carboxylic acids is 4. The fourth-order valence-corrected chi connectivity index (χ4v) is 9.13. The molecule has 5 aromatic rings. The van der Waals surface area contributed by atoms with Crippen molar-refractivity contribution in [3.8, 4) is 21.1 Å². The SMILES string of the molecule is COC(=O)N[C@H](C(=O)N1CC=CC1c1ncc(-c2cc3sc(-c4cnc(C5CCCN5C(=O)[C@@H](NC(=O)OC)C(C)C)[nH]4)cc3s2)[nH]1)c1ccccc1. The highest BCUT2D eigenvalue weighted by atomic mass is 32.1. The summed E-state index contributed by atoms with van der Waals surface area (Å²) in [4.78, 5) is 73.3. The Morgan fingerprint density at radius 2 is 1.47 bits per heavy atom. The molecule has 4 amide bonds. The third-order valence-corrected chi connectivity index (χ3v) is 11.9. The molecule has 0 radical (unpaired) electrons. The number of likely N-dealkylation sites (tertiary alicyclic amines) is 1. The summed E-state index contributed by atoms with van der Waals surface area (Å²) in [7, 11) is 2.55. The van der Waals surface area contributed by atoms with Crippen LogP contribution in [0, 0.1) is 5.92 Å². The van der Waals surface area contributed by atoms with Crippen LogP contribution >= 0.6 is 22.7 Å². The molecular formula is C37H40N8O6S2. The molecule has 7 rings (SSSR count). The van der Waals surface area contributed by atoms with E-state index in [9.17, 15) is 19.2 Å². The maximum atomic E-state index is 13.8. The Hall–Kier alpha value is -5.48. The summed E-state index contributed by atoms with van der Waals surface area (Å²) in [5.41, 5.74) is 2.36. The summed E-state index contributed by atoms with van der Waals surface area (Å²) in [6.45, 7) is 4.75. The number of aromatic nitrogens is 4. The molecule has 0 bridgehead atoms. The van der Waals surface area contributed by atoms with E-state index in [1.54, 1.807) is 50.8 Å². The van der Waals surface area contributed by atoms with E-state index < -0.39 is 30.3 Å². The van der Waals surface area contributed by atoms with Gasteiger partial charge in [-0.3, -0.25) is 9.59 Å². The van der Waals surface area contributed by atoms with Gasteiger partial charge in [-0.25, -0.2) is 19.6 Å². The molecule has 0 saturated carbocycles. The van der Waals surface area contributed by atoms with Gasteiger partial charge in [0.1, 0.15) is 29.8 Å². The summed E-state index contributed by atoms with van der Waals surface area (Å²) in [6.07, 6.45) is 7.74. The van der Waals surface area contributed by atoms with E-state index in [1.165, 1.54) is 14.2 Å². The van der Waals surface area contributed by atoms with Crippen LogP contribution < -0.4 is 10.6 Å². The first-order chi connectivity index (χ1) is 25.6. The quantitative estimate of drug-likeness (QED) is 0.120. The summed E-state index contributed by atoms with van der Waals surface area (Å²) in [5.74, 6) is 0.809. The zero-order chi connectivity index (χ0) is 37.2. The normalized spacial score (nSPS) is 18.1. The van der Waals surface area contributed by atoms with E-state index in [0.29, 0.717) is 24.5 Å². The van der Waals surface area contributed by atoms with Gasteiger partial charge in [0, 0.05) is 22.5 Å². The molecule has 4 N–H and O–H groups in total. The Kier molecular flexibility index (Phi) is 10.3. The van der Waals surface area contributed by atoms with Crippen molar-refractivity contribution in [2.75, 3.05) is 27.3 Å². The van der Waals surface area contributed by atoms with Gasteiger partial charge in [0.2, 0.25) is 5.91 Å². The first-order valence-corrected chi connectivity index (χ1v) is 18.9. The van der Waals surface area contributed by atoms with Crippen molar-refractivity contribution in [2.45, 2.75) is 50.9 Å². The van der Waals surface area contributed by atoms with Gasteiger partial charge >= 0.3 is 12.2 Å². The van der Waals surface area contributed by atoms with E-state index in [2.05, 4.69) is 42.7 Å². The average Bonchev–Trinajstić information content (AvgIpc) is 4.00. The minimum atomic E-state index is -0.920. The standard InChI is InChI=1S/C37H40N8O6S2/c1-20(2)30(42-36(48)50-3)34(46)44-14-8-12-24(44)32-38-18-22(40-32)26-16-28-29(52-26)17-27(53-28)23-19-39-33(41-23)25-13-9-15-45(25)35(47)31(43-37(49)51-4)21-10-6-5-7-11-21/h5-7,9-11,13,16-20,24-25,30-31H,8,12,14-15H2,1-4H3,(H,38,40)(H,39,41)(H,42,48)(H,43,49)/t24?,25?,30-,31-/m0/s1. The van der Waals surface area contributed by atoms with Crippen molar-refractivity contribution in [2.24, 2.45) is 5.92 Å². The third-order valence-electron chi connectivity index (χ3n) is 9.52. The number of nitrogens with zero attached hydrogens (tertiary/aromatic N) is 4. The van der Waals surface area contributed by atoms with E-state index >= 15 is 0 Å². The molecule has 2 aliphatic heterocycles. The Bertz CT molecular complexity index is 2120. The number of H-pyrrole nitrogens is 2. The maximum absolute atomic E-state index is 13.8. The van der Waals surface area contributed by atoms with Crippen LogP contribution in [0.1, 0.15) is 62.0 Å². The Morgan fingerprint density at radius 3 is 2.11 bits per heavy atom. The lowest BCUT2D eigenvalue weighted by atomic mass is 10.0. The second-order valence-electron chi connectivity index (χ2n) is 13.2. The van der Waals surface area contributed by atoms with Gasteiger partial charge in [-0.1, -0.05) is 56.3 Å². The van der Waals surface area contributed by atoms with Crippen molar-refractivity contribution in [1.29, 1.82) is 0 Å². The Labute approximate surface area is 313 Å². The number of hydrogen-bond donors (Lipinski definition) is 4.